The summed E-state index contributed by atoms with van der Waals surface area (Å²) in [5.74, 6) is 0.0713. The lowest BCUT2D eigenvalue weighted by molar-refractivity contribution is 0.0624. The van der Waals surface area contributed by atoms with Gasteiger partial charge in [0.25, 0.3) is 0 Å². The van der Waals surface area contributed by atoms with Crippen molar-refractivity contribution in [2.24, 2.45) is 0 Å². The zero-order valence-corrected chi connectivity index (χ0v) is 31.3. The van der Waals surface area contributed by atoms with Crippen LogP contribution < -0.4 is 4.74 Å². The first-order valence-electron chi connectivity index (χ1n) is 19.8. The van der Waals surface area contributed by atoms with E-state index in [1.54, 1.807) is 12.1 Å². The van der Waals surface area contributed by atoms with Gasteiger partial charge in [-0.1, -0.05) is 184 Å². The van der Waals surface area contributed by atoms with E-state index in [1.807, 2.05) is 37.3 Å². The van der Waals surface area contributed by atoms with Crippen LogP contribution in [0.15, 0.2) is 78.9 Å². The molecule has 1 N–H and O–H groups in total. The van der Waals surface area contributed by atoms with Crippen LogP contribution in [-0.4, -0.2) is 24.3 Å². The molecule has 0 radical (unpaired) electrons. The standard InChI is InChI=1S/C29H50O3.C16H18O/c1-3-4-5-6-7-8-9-10-11-12-13-14-15-16-17-18-19-20-25-32-26(2)27-21-23-28(24-22-27)29(30)31;1-2-3-13-17-16-11-9-15(10-12-16)14-7-5-4-6-8-14/h21-24,26H,3-20,25H2,1-2H3,(H,30,31);4-12H,2-3,13H2,1H3. The van der Waals surface area contributed by atoms with Gasteiger partial charge in [-0.25, -0.2) is 4.79 Å². The number of unbranched alkanes of at least 4 members (excludes halogenated alkanes) is 18. The van der Waals surface area contributed by atoms with E-state index in [1.165, 1.54) is 127 Å². The van der Waals surface area contributed by atoms with E-state index in [2.05, 4.69) is 50.2 Å². The number of carboxylic acids is 1. The van der Waals surface area contributed by atoms with E-state index < -0.39 is 5.97 Å². The maximum absolute atomic E-state index is 10.9. The van der Waals surface area contributed by atoms with Crippen LogP contribution in [0.2, 0.25) is 0 Å². The van der Waals surface area contributed by atoms with Crippen molar-refractivity contribution in [3.05, 3.63) is 90.0 Å². The first-order chi connectivity index (χ1) is 24.0. The predicted molar refractivity (Wildman–Crippen MR) is 209 cm³/mol. The Balaban J connectivity index is 0.000000407. The molecule has 0 amide bonds. The molecule has 3 aromatic carbocycles. The summed E-state index contributed by atoms with van der Waals surface area (Å²) in [7, 11) is 0. The Bertz CT molecular complexity index is 1170. The molecule has 3 rings (SSSR count). The van der Waals surface area contributed by atoms with Gasteiger partial charge in [-0.3, -0.25) is 0 Å². The van der Waals surface area contributed by atoms with Crippen molar-refractivity contribution < 1.29 is 19.4 Å². The Labute approximate surface area is 300 Å². The molecule has 1 unspecified atom stereocenters. The van der Waals surface area contributed by atoms with Gasteiger partial charge in [0.05, 0.1) is 18.3 Å². The van der Waals surface area contributed by atoms with Crippen LogP contribution in [0, 0.1) is 0 Å². The normalized spacial score (nSPS) is 11.5. The zero-order valence-electron chi connectivity index (χ0n) is 31.3. The van der Waals surface area contributed by atoms with E-state index in [0.717, 1.165) is 37.4 Å². The van der Waals surface area contributed by atoms with Crippen LogP contribution >= 0.6 is 0 Å². The Hall–Kier alpha value is -3.11. The van der Waals surface area contributed by atoms with Gasteiger partial charge < -0.3 is 14.6 Å². The smallest absolute Gasteiger partial charge is 0.335 e. The molecule has 0 aliphatic carbocycles. The van der Waals surface area contributed by atoms with Crippen LogP contribution in [0.1, 0.15) is 171 Å². The molecule has 4 heteroatoms. The zero-order chi connectivity index (χ0) is 35.2. The van der Waals surface area contributed by atoms with Crippen LogP contribution in [0.4, 0.5) is 0 Å². The molecule has 272 valence electrons. The number of ether oxygens (including phenoxy) is 2. The maximum Gasteiger partial charge on any atom is 0.335 e. The van der Waals surface area contributed by atoms with Crippen LogP contribution in [-0.2, 0) is 4.74 Å². The molecule has 3 aromatic rings. The number of rotatable bonds is 27. The molecule has 0 aliphatic heterocycles. The number of hydrogen-bond acceptors (Lipinski definition) is 3. The average molecular weight is 673 g/mol. The van der Waals surface area contributed by atoms with Gasteiger partial charge in [-0.2, -0.15) is 0 Å². The van der Waals surface area contributed by atoms with Crippen molar-refractivity contribution in [3.63, 3.8) is 0 Å². The lowest BCUT2D eigenvalue weighted by Gasteiger charge is -2.13. The molecule has 0 heterocycles. The van der Waals surface area contributed by atoms with Crippen molar-refractivity contribution in [2.45, 2.75) is 155 Å². The molecule has 0 bridgehead atoms. The minimum atomic E-state index is -0.885. The number of carbonyl (C=O) groups is 1. The molecular formula is C45H68O4. The Kier molecular flexibility index (Phi) is 24.6. The Morgan fingerprint density at radius 1 is 0.531 bits per heavy atom. The molecule has 0 spiro atoms. The summed E-state index contributed by atoms with van der Waals surface area (Å²) in [5, 5.41) is 8.96. The molecule has 0 fully saturated rings. The highest BCUT2D eigenvalue weighted by Gasteiger charge is 2.08. The minimum absolute atomic E-state index is 0.0173. The van der Waals surface area contributed by atoms with Gasteiger partial charge in [-0.05, 0) is 60.7 Å². The minimum Gasteiger partial charge on any atom is -0.494 e. The lowest BCUT2D eigenvalue weighted by atomic mass is 10.0. The quantitative estimate of drug-likeness (QED) is 0.0819. The highest BCUT2D eigenvalue weighted by molar-refractivity contribution is 5.87. The topological polar surface area (TPSA) is 55.8 Å². The molecule has 0 saturated heterocycles. The van der Waals surface area contributed by atoms with Crippen LogP contribution in [0.5, 0.6) is 5.75 Å². The summed E-state index contributed by atoms with van der Waals surface area (Å²) >= 11 is 0. The van der Waals surface area contributed by atoms with E-state index in [9.17, 15) is 4.79 Å². The summed E-state index contributed by atoms with van der Waals surface area (Å²) in [6.45, 7) is 8.07. The fourth-order valence-corrected chi connectivity index (χ4v) is 5.97. The highest BCUT2D eigenvalue weighted by Crippen LogP contribution is 2.22. The second-order valence-corrected chi connectivity index (χ2v) is 13.5. The molecule has 1 atom stereocenters. The van der Waals surface area contributed by atoms with Gasteiger partial charge >= 0.3 is 5.97 Å². The van der Waals surface area contributed by atoms with Crippen molar-refractivity contribution in [2.75, 3.05) is 13.2 Å². The second-order valence-electron chi connectivity index (χ2n) is 13.5. The number of benzene rings is 3. The van der Waals surface area contributed by atoms with Gasteiger partial charge in [-0.15, -0.1) is 0 Å². The van der Waals surface area contributed by atoms with E-state index in [-0.39, 0.29) is 6.10 Å². The summed E-state index contributed by atoms with van der Waals surface area (Å²) in [6, 6.07) is 25.7. The fourth-order valence-electron chi connectivity index (χ4n) is 5.97. The van der Waals surface area contributed by atoms with Crippen LogP contribution in [0.25, 0.3) is 11.1 Å². The summed E-state index contributed by atoms with van der Waals surface area (Å²) in [4.78, 5) is 10.9. The van der Waals surface area contributed by atoms with Crippen LogP contribution in [0.3, 0.4) is 0 Å². The summed E-state index contributed by atoms with van der Waals surface area (Å²) in [5.41, 5.74) is 3.84. The molecule has 0 aliphatic rings. The van der Waals surface area contributed by atoms with Gasteiger partial charge in [0.1, 0.15) is 5.75 Å². The van der Waals surface area contributed by atoms with Gasteiger partial charge in [0.2, 0.25) is 0 Å². The molecule has 0 saturated carbocycles. The van der Waals surface area contributed by atoms with Crippen molar-refractivity contribution in [1.29, 1.82) is 0 Å². The summed E-state index contributed by atoms with van der Waals surface area (Å²) in [6.07, 6.45) is 27.3. The fraction of sp³-hybridized carbons (Fsp3) is 0.578. The van der Waals surface area contributed by atoms with Gasteiger partial charge in [0, 0.05) is 6.61 Å². The van der Waals surface area contributed by atoms with Gasteiger partial charge in [0.15, 0.2) is 0 Å². The first-order valence-corrected chi connectivity index (χ1v) is 19.8. The summed E-state index contributed by atoms with van der Waals surface area (Å²) < 4.78 is 11.5. The van der Waals surface area contributed by atoms with E-state index >= 15 is 0 Å². The van der Waals surface area contributed by atoms with E-state index in [4.69, 9.17) is 14.6 Å². The SMILES string of the molecule is CCCCCCCCCCCCCCCCCCCCOC(C)c1ccc(C(=O)O)cc1.CCCCOc1ccc(-c2ccccc2)cc1. The van der Waals surface area contributed by atoms with Crippen molar-refractivity contribution in [3.8, 4) is 16.9 Å². The van der Waals surface area contributed by atoms with E-state index in [0.29, 0.717) is 5.56 Å². The van der Waals surface area contributed by atoms with Crippen molar-refractivity contribution in [1.82, 2.24) is 0 Å². The molecule has 49 heavy (non-hydrogen) atoms. The third-order valence-electron chi connectivity index (χ3n) is 9.22. The molecular weight excluding hydrogens is 604 g/mol. The largest absolute Gasteiger partial charge is 0.494 e. The maximum atomic E-state index is 10.9. The second kappa shape index (κ2) is 28.7. The lowest BCUT2D eigenvalue weighted by Crippen LogP contribution is -2.03. The number of aromatic carboxylic acids is 1. The molecule has 4 nitrogen and oxygen atoms in total. The number of carboxylic acid groups (broad SMARTS) is 1. The average Bonchev–Trinajstić information content (AvgIpc) is 3.13. The van der Waals surface area contributed by atoms with Crippen molar-refractivity contribution >= 4 is 5.97 Å². The highest BCUT2D eigenvalue weighted by atomic mass is 16.5. The Morgan fingerprint density at radius 3 is 1.45 bits per heavy atom. The third-order valence-corrected chi connectivity index (χ3v) is 9.22. The first kappa shape index (κ1) is 42.1. The monoisotopic (exact) mass is 673 g/mol. The Morgan fingerprint density at radius 2 is 0.980 bits per heavy atom. The third kappa shape index (κ3) is 20.9. The number of hydrogen-bond donors (Lipinski definition) is 1. The predicted octanol–water partition coefficient (Wildman–Crippen LogP) is 14.0. The molecule has 0 aromatic heterocycles.